The quantitative estimate of drug-likeness (QED) is 0.139. The summed E-state index contributed by atoms with van der Waals surface area (Å²) in [6.45, 7) is 11.8. The van der Waals surface area contributed by atoms with E-state index < -0.39 is 0 Å². The summed E-state index contributed by atoms with van der Waals surface area (Å²) >= 11 is 0. The second kappa shape index (κ2) is 12.8. The average molecular weight is 565 g/mol. The monoisotopic (exact) mass is 564 g/mol. The number of hydrogen-bond acceptors (Lipinski definition) is 0. The van der Waals surface area contributed by atoms with Crippen molar-refractivity contribution in [3.05, 3.63) is 176 Å². The van der Waals surface area contributed by atoms with Crippen molar-refractivity contribution in [3.8, 4) is 33.4 Å². The zero-order chi connectivity index (χ0) is 30.5. The Bertz CT molecular complexity index is 2140. The first-order chi connectivity index (χ1) is 21.7. The van der Waals surface area contributed by atoms with Gasteiger partial charge in [-0.05, 0) is 101 Å². The fourth-order valence-corrected chi connectivity index (χ4v) is 6.13. The van der Waals surface area contributed by atoms with Crippen LogP contribution in [0.5, 0.6) is 0 Å². The third-order valence-corrected chi connectivity index (χ3v) is 8.18. The third kappa shape index (κ3) is 5.39. The van der Waals surface area contributed by atoms with E-state index in [4.69, 9.17) is 0 Å². The molecule has 0 amide bonds. The van der Waals surface area contributed by atoms with Crippen LogP contribution in [-0.2, 0) is 0 Å². The molecule has 0 aliphatic rings. The van der Waals surface area contributed by atoms with E-state index in [1.54, 1.807) is 6.08 Å². The molecule has 0 radical (unpaired) electrons. The lowest BCUT2D eigenvalue weighted by molar-refractivity contribution is 1.50. The SMILES string of the molecule is C=C/C=C(\C=C)c1cccc(-c2cccc(-c3cccc(-c4ccc5c6ccccc6c6ccccc6c5c4)c3)c2)c1.CC. The molecule has 0 aromatic heterocycles. The van der Waals surface area contributed by atoms with Gasteiger partial charge < -0.3 is 0 Å². The van der Waals surface area contributed by atoms with Crippen LogP contribution in [0.3, 0.4) is 0 Å². The molecule has 7 aromatic carbocycles. The molecule has 0 N–H and O–H groups in total. The van der Waals surface area contributed by atoms with Gasteiger partial charge in [-0.15, -0.1) is 0 Å². The predicted molar refractivity (Wildman–Crippen MR) is 195 cm³/mol. The van der Waals surface area contributed by atoms with Crippen LogP contribution < -0.4 is 0 Å². The molecule has 0 heterocycles. The van der Waals surface area contributed by atoms with Crippen molar-refractivity contribution >= 4 is 37.9 Å². The lowest BCUT2D eigenvalue weighted by Gasteiger charge is -2.13. The fraction of sp³-hybridized carbons (Fsp3) is 0.0455. The normalized spacial score (nSPS) is 11.3. The molecular weight excluding hydrogens is 528 g/mol. The minimum absolute atomic E-state index is 1.06. The number of fused-ring (bicyclic) bond motifs is 6. The van der Waals surface area contributed by atoms with Crippen molar-refractivity contribution < 1.29 is 0 Å². The van der Waals surface area contributed by atoms with Gasteiger partial charge in [-0.3, -0.25) is 0 Å². The molecule has 0 saturated heterocycles. The molecule has 212 valence electrons. The van der Waals surface area contributed by atoms with Crippen LogP contribution in [0.4, 0.5) is 0 Å². The van der Waals surface area contributed by atoms with E-state index in [2.05, 4.69) is 153 Å². The maximum absolute atomic E-state index is 3.97. The summed E-state index contributed by atoms with van der Waals surface area (Å²) in [5.41, 5.74) is 9.39. The van der Waals surface area contributed by atoms with E-state index in [1.807, 2.05) is 26.0 Å². The van der Waals surface area contributed by atoms with Gasteiger partial charge in [0.05, 0.1) is 0 Å². The Labute approximate surface area is 261 Å². The summed E-state index contributed by atoms with van der Waals surface area (Å²) in [5.74, 6) is 0. The zero-order valence-corrected chi connectivity index (χ0v) is 25.4. The Morgan fingerprint density at radius 3 is 1.30 bits per heavy atom. The average Bonchev–Trinajstić information content (AvgIpc) is 3.11. The third-order valence-electron chi connectivity index (χ3n) is 8.18. The molecule has 0 bridgehead atoms. The van der Waals surface area contributed by atoms with Gasteiger partial charge in [-0.1, -0.05) is 160 Å². The zero-order valence-electron chi connectivity index (χ0n) is 25.4. The van der Waals surface area contributed by atoms with Gasteiger partial charge in [-0.2, -0.15) is 0 Å². The molecule has 44 heavy (non-hydrogen) atoms. The highest BCUT2D eigenvalue weighted by molar-refractivity contribution is 6.25. The number of benzene rings is 7. The highest BCUT2D eigenvalue weighted by Gasteiger charge is 2.10. The van der Waals surface area contributed by atoms with Gasteiger partial charge in [0, 0.05) is 0 Å². The van der Waals surface area contributed by atoms with Gasteiger partial charge in [-0.25, -0.2) is 0 Å². The molecule has 0 heteroatoms. The molecule has 0 aliphatic heterocycles. The number of allylic oxidation sites excluding steroid dienone is 4. The summed E-state index contributed by atoms with van der Waals surface area (Å²) in [5, 5.41) is 7.78. The van der Waals surface area contributed by atoms with Crippen molar-refractivity contribution in [2.45, 2.75) is 13.8 Å². The smallest absolute Gasteiger partial charge is 0.00928 e. The van der Waals surface area contributed by atoms with E-state index in [-0.39, 0.29) is 0 Å². The van der Waals surface area contributed by atoms with Crippen molar-refractivity contribution in [2.75, 3.05) is 0 Å². The molecule has 0 aliphatic carbocycles. The second-order valence-corrected chi connectivity index (χ2v) is 10.7. The number of hydrogen-bond donors (Lipinski definition) is 0. The predicted octanol–water partition coefficient (Wildman–Crippen LogP) is 12.9. The van der Waals surface area contributed by atoms with E-state index in [1.165, 1.54) is 65.7 Å². The van der Waals surface area contributed by atoms with Gasteiger partial charge >= 0.3 is 0 Å². The Kier molecular flexibility index (Phi) is 8.34. The van der Waals surface area contributed by atoms with E-state index in [0.29, 0.717) is 0 Å². The maximum atomic E-state index is 3.97. The van der Waals surface area contributed by atoms with Crippen molar-refractivity contribution in [2.24, 2.45) is 0 Å². The highest BCUT2D eigenvalue weighted by Crippen LogP contribution is 2.38. The first-order valence-corrected chi connectivity index (χ1v) is 15.3. The molecule has 0 nitrogen and oxygen atoms in total. The minimum atomic E-state index is 1.06. The molecule has 0 fully saturated rings. The summed E-state index contributed by atoms with van der Waals surface area (Å²) < 4.78 is 0. The van der Waals surface area contributed by atoms with Crippen LogP contribution in [0.15, 0.2) is 171 Å². The molecule has 0 spiro atoms. The summed E-state index contributed by atoms with van der Waals surface area (Å²) in [7, 11) is 0. The van der Waals surface area contributed by atoms with E-state index in [0.717, 1.165) is 11.1 Å². The van der Waals surface area contributed by atoms with Crippen molar-refractivity contribution in [1.29, 1.82) is 0 Å². The topological polar surface area (TPSA) is 0 Å². The molecule has 7 rings (SSSR count). The van der Waals surface area contributed by atoms with Crippen molar-refractivity contribution in [1.82, 2.24) is 0 Å². The molecular formula is C44H36. The van der Waals surface area contributed by atoms with Crippen molar-refractivity contribution in [3.63, 3.8) is 0 Å². The Hall–Kier alpha value is -5.46. The molecule has 0 atom stereocenters. The van der Waals surface area contributed by atoms with Gasteiger partial charge in [0.1, 0.15) is 0 Å². The largest absolute Gasteiger partial charge is 0.0990 e. The van der Waals surface area contributed by atoms with Gasteiger partial charge in [0.2, 0.25) is 0 Å². The second-order valence-electron chi connectivity index (χ2n) is 10.7. The standard InChI is InChI=1S/C42H30.C2H6/c1-3-12-29(4-2)30-13-9-14-31(25-30)32-15-10-16-33(26-32)34-17-11-18-35(27-34)36-23-24-41-39-21-6-5-19-37(39)38-20-7-8-22-40(38)42(41)28-36;1-2/h3-28H,1-2H2;1-2H3/b29-12+;. The highest BCUT2D eigenvalue weighted by atomic mass is 14.1. The lowest BCUT2D eigenvalue weighted by atomic mass is 9.91. The Balaban J connectivity index is 0.00000168. The summed E-state index contributed by atoms with van der Waals surface area (Å²) in [6, 6.07) is 50.7. The van der Waals surface area contributed by atoms with Crippen LogP contribution in [-0.4, -0.2) is 0 Å². The molecule has 0 unspecified atom stereocenters. The van der Waals surface area contributed by atoms with Gasteiger partial charge in [0.25, 0.3) is 0 Å². The Morgan fingerprint density at radius 1 is 0.409 bits per heavy atom. The van der Waals surface area contributed by atoms with Crippen LogP contribution in [0, 0.1) is 0 Å². The number of rotatable bonds is 6. The van der Waals surface area contributed by atoms with E-state index in [9.17, 15) is 0 Å². The van der Waals surface area contributed by atoms with E-state index >= 15 is 0 Å². The molecule has 7 aromatic rings. The van der Waals surface area contributed by atoms with Crippen LogP contribution in [0.2, 0.25) is 0 Å². The van der Waals surface area contributed by atoms with Crippen LogP contribution in [0.1, 0.15) is 19.4 Å². The first kappa shape index (κ1) is 28.6. The van der Waals surface area contributed by atoms with Gasteiger partial charge in [0.15, 0.2) is 0 Å². The maximum Gasteiger partial charge on any atom is -0.00928 e. The Morgan fingerprint density at radius 2 is 0.818 bits per heavy atom. The fourth-order valence-electron chi connectivity index (χ4n) is 6.13. The summed E-state index contributed by atoms with van der Waals surface area (Å²) in [6.07, 6.45) is 5.67. The van der Waals surface area contributed by atoms with Crippen LogP contribution >= 0.6 is 0 Å². The lowest BCUT2D eigenvalue weighted by Crippen LogP contribution is -1.87. The summed E-state index contributed by atoms with van der Waals surface area (Å²) in [4.78, 5) is 0. The minimum Gasteiger partial charge on any atom is -0.0990 e. The van der Waals surface area contributed by atoms with Crippen LogP contribution in [0.25, 0.3) is 71.3 Å². The first-order valence-electron chi connectivity index (χ1n) is 15.3. The molecule has 0 saturated carbocycles.